The Bertz CT molecular complexity index is 1270. The third-order valence-electron chi connectivity index (χ3n) is 5.92. The minimum atomic E-state index is -4.05. The van der Waals surface area contributed by atoms with E-state index < -0.39 is 14.9 Å². The molecule has 0 fully saturated rings. The van der Waals surface area contributed by atoms with Gasteiger partial charge in [0.2, 0.25) is 15.9 Å². The molecule has 0 saturated carbocycles. The largest absolute Gasteiger partial charge is 0.332 e. The second-order valence-corrected chi connectivity index (χ2v) is 12.1. The molecule has 2 aromatic carbocycles. The van der Waals surface area contributed by atoms with Gasteiger partial charge in [0.1, 0.15) is 0 Å². The van der Waals surface area contributed by atoms with E-state index in [1.54, 1.807) is 16.2 Å². The number of nitrogens with zero attached hydrogens (tertiary/aromatic N) is 3. The van der Waals surface area contributed by atoms with Gasteiger partial charge in [-0.3, -0.25) is 14.9 Å². The lowest BCUT2D eigenvalue weighted by atomic mass is 10.1. The molecule has 1 amide bonds. The summed E-state index contributed by atoms with van der Waals surface area (Å²) >= 11 is 1.60. The van der Waals surface area contributed by atoms with E-state index in [4.69, 9.17) is 0 Å². The molecular formula is C26H31N3O5S2. The Morgan fingerprint density at radius 2 is 1.69 bits per heavy atom. The van der Waals surface area contributed by atoms with Crippen molar-refractivity contribution in [2.24, 2.45) is 5.92 Å². The normalized spacial score (nSPS) is 12.4. The Hall–Kier alpha value is -3.08. The third-order valence-corrected chi connectivity index (χ3v) is 8.73. The van der Waals surface area contributed by atoms with Crippen LogP contribution in [0, 0.1) is 23.0 Å². The maximum Gasteiger partial charge on any atom is 0.269 e. The maximum absolute atomic E-state index is 13.6. The van der Waals surface area contributed by atoms with E-state index in [1.807, 2.05) is 63.2 Å². The number of sulfonamides is 1. The molecule has 1 heterocycles. The van der Waals surface area contributed by atoms with Crippen LogP contribution in [0.3, 0.4) is 0 Å². The molecule has 3 aromatic rings. The summed E-state index contributed by atoms with van der Waals surface area (Å²) < 4.78 is 28.3. The number of non-ortho nitro benzene ring substituents is 1. The Labute approximate surface area is 216 Å². The van der Waals surface area contributed by atoms with Crippen LogP contribution in [0.5, 0.6) is 0 Å². The fourth-order valence-electron chi connectivity index (χ4n) is 3.66. The van der Waals surface area contributed by atoms with Crippen molar-refractivity contribution >= 4 is 33.0 Å². The zero-order valence-corrected chi connectivity index (χ0v) is 22.3. The van der Waals surface area contributed by atoms with E-state index in [0.29, 0.717) is 13.1 Å². The predicted molar refractivity (Wildman–Crippen MR) is 141 cm³/mol. The fourth-order valence-corrected chi connectivity index (χ4v) is 6.07. The first-order valence-electron chi connectivity index (χ1n) is 11.7. The fraction of sp³-hybridized carbons (Fsp3) is 0.346. The third kappa shape index (κ3) is 7.22. The van der Waals surface area contributed by atoms with Gasteiger partial charge in [-0.05, 0) is 42.7 Å². The summed E-state index contributed by atoms with van der Waals surface area (Å²) in [5.74, 6) is -0.285. The molecule has 0 N–H and O–H groups in total. The molecule has 0 spiro atoms. The number of amides is 1. The van der Waals surface area contributed by atoms with E-state index in [2.05, 4.69) is 0 Å². The van der Waals surface area contributed by atoms with Crippen LogP contribution in [0.15, 0.2) is 71.6 Å². The predicted octanol–water partition coefficient (Wildman–Crippen LogP) is 5.23. The van der Waals surface area contributed by atoms with Crippen molar-refractivity contribution in [1.29, 1.82) is 0 Å². The average Bonchev–Trinajstić information content (AvgIpc) is 3.28. The topological polar surface area (TPSA) is 101 Å². The number of carbonyl (C=O) groups is 1. The molecule has 0 aliphatic rings. The molecule has 0 aliphatic heterocycles. The van der Waals surface area contributed by atoms with Crippen molar-refractivity contribution in [3.8, 4) is 0 Å². The van der Waals surface area contributed by atoms with Gasteiger partial charge in [-0.15, -0.1) is 11.3 Å². The van der Waals surface area contributed by atoms with Gasteiger partial charge >= 0.3 is 0 Å². The van der Waals surface area contributed by atoms with Crippen molar-refractivity contribution in [2.45, 2.75) is 45.2 Å². The molecule has 0 bridgehead atoms. The Morgan fingerprint density at radius 1 is 1.03 bits per heavy atom. The number of nitro benzene ring substituents is 1. The number of hydrogen-bond donors (Lipinski definition) is 0. The minimum Gasteiger partial charge on any atom is -0.332 e. The zero-order chi connectivity index (χ0) is 26.3. The number of thiophene rings is 1. The second-order valence-electron chi connectivity index (χ2n) is 8.81. The van der Waals surface area contributed by atoms with Crippen molar-refractivity contribution in [3.63, 3.8) is 0 Å². The van der Waals surface area contributed by atoms with Crippen LogP contribution in [0.4, 0.5) is 5.69 Å². The highest BCUT2D eigenvalue weighted by atomic mass is 32.2. The lowest BCUT2D eigenvalue weighted by Crippen LogP contribution is -2.44. The number of nitro groups is 1. The summed E-state index contributed by atoms with van der Waals surface area (Å²) in [5.41, 5.74) is 0.754. The number of benzene rings is 2. The van der Waals surface area contributed by atoms with Crippen LogP contribution in [0.2, 0.25) is 0 Å². The van der Waals surface area contributed by atoms with E-state index in [1.165, 1.54) is 16.4 Å². The van der Waals surface area contributed by atoms with Crippen LogP contribution >= 0.6 is 11.3 Å². The highest BCUT2D eigenvalue weighted by Crippen LogP contribution is 2.23. The number of rotatable bonds is 12. The number of hydrogen-bond acceptors (Lipinski definition) is 6. The lowest BCUT2D eigenvalue weighted by Gasteiger charge is -2.28. The highest BCUT2D eigenvalue weighted by Gasteiger charge is 2.30. The van der Waals surface area contributed by atoms with E-state index >= 15 is 0 Å². The first-order valence-corrected chi connectivity index (χ1v) is 14.0. The second kappa shape index (κ2) is 12.2. The summed E-state index contributed by atoms with van der Waals surface area (Å²) in [4.78, 5) is 27.8. The van der Waals surface area contributed by atoms with Crippen LogP contribution in [0.25, 0.3) is 0 Å². The summed E-state index contributed by atoms with van der Waals surface area (Å²) in [6, 6.07) is 18.3. The molecule has 0 aliphatic carbocycles. The Balaban J connectivity index is 1.90. The standard InChI is InChI=1S/C26H31N3O5S2/c1-4-20(2)16-28(36(33,34)25-14-11-23(12-15-25)29(31)32)19-26(30)27(17-22-8-6-5-7-9-22)18-24-13-10-21(3)35-24/h5-15,20H,4,16-19H2,1-3H3. The first-order chi connectivity index (χ1) is 17.1. The summed E-state index contributed by atoms with van der Waals surface area (Å²) in [6.07, 6.45) is 0.739. The van der Waals surface area contributed by atoms with E-state index in [0.717, 1.165) is 33.9 Å². The monoisotopic (exact) mass is 529 g/mol. The molecule has 36 heavy (non-hydrogen) atoms. The molecule has 0 saturated heterocycles. The Morgan fingerprint density at radius 3 is 2.25 bits per heavy atom. The van der Waals surface area contributed by atoms with Crippen molar-refractivity contribution in [1.82, 2.24) is 9.21 Å². The van der Waals surface area contributed by atoms with Crippen molar-refractivity contribution in [2.75, 3.05) is 13.1 Å². The van der Waals surface area contributed by atoms with E-state index in [-0.39, 0.29) is 35.5 Å². The summed E-state index contributed by atoms with van der Waals surface area (Å²) in [5, 5.41) is 11.0. The number of carbonyl (C=O) groups excluding carboxylic acids is 1. The zero-order valence-electron chi connectivity index (χ0n) is 20.7. The molecule has 1 aromatic heterocycles. The molecular weight excluding hydrogens is 498 g/mol. The SMILES string of the molecule is CCC(C)CN(CC(=O)N(Cc1ccccc1)Cc1ccc(C)s1)S(=O)(=O)c1ccc([N+](=O)[O-])cc1. The average molecular weight is 530 g/mol. The van der Waals surface area contributed by atoms with Crippen molar-refractivity contribution < 1.29 is 18.1 Å². The van der Waals surface area contributed by atoms with Gasteiger partial charge in [-0.1, -0.05) is 50.6 Å². The Kier molecular flexibility index (Phi) is 9.36. The van der Waals surface area contributed by atoms with Gasteiger partial charge in [0, 0.05) is 35.0 Å². The molecule has 192 valence electrons. The van der Waals surface area contributed by atoms with Crippen LogP contribution in [-0.4, -0.2) is 41.5 Å². The minimum absolute atomic E-state index is 0.0214. The molecule has 10 heteroatoms. The van der Waals surface area contributed by atoms with Gasteiger partial charge in [0.15, 0.2) is 0 Å². The van der Waals surface area contributed by atoms with Gasteiger partial charge < -0.3 is 4.90 Å². The number of aryl methyl sites for hydroxylation is 1. The van der Waals surface area contributed by atoms with E-state index in [9.17, 15) is 23.3 Å². The smallest absolute Gasteiger partial charge is 0.269 e. The lowest BCUT2D eigenvalue weighted by molar-refractivity contribution is -0.384. The molecule has 1 unspecified atom stereocenters. The molecule has 1 atom stereocenters. The van der Waals surface area contributed by atoms with Gasteiger partial charge in [-0.25, -0.2) is 8.42 Å². The molecule has 0 radical (unpaired) electrons. The maximum atomic E-state index is 13.6. The first kappa shape index (κ1) is 27.5. The molecule has 3 rings (SSSR count). The highest BCUT2D eigenvalue weighted by molar-refractivity contribution is 7.89. The van der Waals surface area contributed by atoms with Crippen LogP contribution in [-0.2, 0) is 27.9 Å². The quantitative estimate of drug-likeness (QED) is 0.236. The van der Waals surface area contributed by atoms with Crippen LogP contribution < -0.4 is 0 Å². The van der Waals surface area contributed by atoms with Gasteiger partial charge in [0.05, 0.1) is 22.9 Å². The molecule has 8 nitrogen and oxygen atoms in total. The van der Waals surface area contributed by atoms with Crippen molar-refractivity contribution in [3.05, 3.63) is 92.2 Å². The van der Waals surface area contributed by atoms with Gasteiger partial charge in [0.25, 0.3) is 5.69 Å². The summed E-state index contributed by atoms with van der Waals surface area (Å²) in [6.45, 7) is 6.47. The van der Waals surface area contributed by atoms with Crippen LogP contribution in [0.1, 0.15) is 35.6 Å². The van der Waals surface area contributed by atoms with Gasteiger partial charge in [-0.2, -0.15) is 4.31 Å². The summed E-state index contributed by atoms with van der Waals surface area (Å²) in [7, 11) is -4.05.